The van der Waals surface area contributed by atoms with Gasteiger partial charge >= 0.3 is 18.4 Å². The predicted octanol–water partition coefficient (Wildman–Crippen LogP) is 7.63. The fraction of sp³-hybridized carbons (Fsp3) is 0.400. The number of amides is 3. The monoisotopic (exact) mass is 645 g/mol. The van der Waals surface area contributed by atoms with E-state index >= 15 is 0 Å². The van der Waals surface area contributed by atoms with Crippen molar-refractivity contribution in [3.63, 3.8) is 0 Å². The highest BCUT2D eigenvalue weighted by Gasteiger charge is 2.37. The molecule has 7 nitrogen and oxygen atoms in total. The number of urea groups is 1. The molecule has 2 aromatic carbocycles. The Hall–Kier alpha value is -3.94. The number of carbonyl (C=O) groups excluding carboxylic acids is 2. The maximum atomic E-state index is 13.6. The fourth-order valence-corrected chi connectivity index (χ4v) is 5.21. The molecule has 0 aliphatic rings. The van der Waals surface area contributed by atoms with Crippen LogP contribution in [-0.4, -0.2) is 55.1 Å². The van der Waals surface area contributed by atoms with Crippen molar-refractivity contribution in [1.82, 2.24) is 9.80 Å². The van der Waals surface area contributed by atoms with Gasteiger partial charge in [0.1, 0.15) is 6.54 Å². The van der Waals surface area contributed by atoms with E-state index in [2.05, 4.69) is 5.32 Å². The van der Waals surface area contributed by atoms with Gasteiger partial charge in [0.05, 0.1) is 31.9 Å². The van der Waals surface area contributed by atoms with Crippen LogP contribution in [0.2, 0.25) is 0 Å². The number of rotatable bonds is 11. The third-order valence-electron chi connectivity index (χ3n) is 6.64. The molecule has 3 amide bonds. The molecule has 0 saturated heterocycles. The Labute approximate surface area is 255 Å². The SMILES string of the molecule is COc1ccc(CCN(Cc2ccc(C)s2)C(=O)CN(C(=O)Nc2cc(C(F)(F)F)cc(C(F)(F)F)c2)C(C)C)cc1OC. The quantitative estimate of drug-likeness (QED) is 0.218. The molecule has 1 N–H and O–H groups in total. The van der Waals surface area contributed by atoms with Gasteiger partial charge in [-0.05, 0) is 75.2 Å². The summed E-state index contributed by atoms with van der Waals surface area (Å²) < 4.78 is 90.6. The summed E-state index contributed by atoms with van der Waals surface area (Å²) in [5, 5.41) is 2.12. The minimum absolute atomic E-state index is 0.0258. The van der Waals surface area contributed by atoms with Crippen molar-refractivity contribution in [3.05, 3.63) is 75.0 Å². The van der Waals surface area contributed by atoms with E-state index in [0.29, 0.717) is 30.1 Å². The minimum atomic E-state index is -5.08. The van der Waals surface area contributed by atoms with Crippen molar-refractivity contribution >= 4 is 29.0 Å². The highest BCUT2D eigenvalue weighted by molar-refractivity contribution is 7.11. The molecule has 0 bridgehead atoms. The van der Waals surface area contributed by atoms with E-state index in [9.17, 15) is 35.9 Å². The van der Waals surface area contributed by atoms with Crippen LogP contribution in [-0.2, 0) is 30.1 Å². The van der Waals surface area contributed by atoms with Crippen molar-refractivity contribution in [2.45, 2.75) is 52.1 Å². The standard InChI is InChI=1S/C30H33F6N3O4S/c1-18(2)39(28(41)37-23-14-21(29(31,32)33)13-22(15-23)30(34,35)36)17-27(40)38(16-24-8-6-19(3)44-24)11-10-20-7-9-25(42-4)26(12-20)43-5/h6-9,12-15,18H,10-11,16-17H2,1-5H3,(H,37,41). The third-order valence-corrected chi connectivity index (χ3v) is 7.63. The van der Waals surface area contributed by atoms with Gasteiger partial charge in [-0.3, -0.25) is 4.79 Å². The van der Waals surface area contributed by atoms with Crippen LogP contribution in [0.25, 0.3) is 0 Å². The van der Waals surface area contributed by atoms with Gasteiger partial charge in [-0.15, -0.1) is 11.3 Å². The van der Waals surface area contributed by atoms with Crippen molar-refractivity contribution < 1.29 is 45.4 Å². The molecule has 44 heavy (non-hydrogen) atoms. The number of halogens is 6. The zero-order valence-corrected chi connectivity index (χ0v) is 25.5. The summed E-state index contributed by atoms with van der Waals surface area (Å²) >= 11 is 1.50. The molecule has 0 radical (unpaired) electrons. The van der Waals surface area contributed by atoms with E-state index in [4.69, 9.17) is 9.47 Å². The van der Waals surface area contributed by atoms with Crippen LogP contribution in [0.15, 0.2) is 48.5 Å². The second kappa shape index (κ2) is 14.2. The molecule has 0 fully saturated rings. The highest BCUT2D eigenvalue weighted by Crippen LogP contribution is 2.37. The predicted molar refractivity (Wildman–Crippen MR) is 155 cm³/mol. The number of alkyl halides is 6. The number of methoxy groups -OCH3 is 2. The summed E-state index contributed by atoms with van der Waals surface area (Å²) in [6.07, 6.45) is -9.74. The second-order valence-electron chi connectivity index (χ2n) is 10.2. The Morgan fingerprint density at radius 2 is 1.50 bits per heavy atom. The van der Waals surface area contributed by atoms with E-state index < -0.39 is 53.7 Å². The maximum Gasteiger partial charge on any atom is 0.416 e. The maximum absolute atomic E-state index is 13.6. The van der Waals surface area contributed by atoms with Gasteiger partial charge in [0.2, 0.25) is 5.91 Å². The van der Waals surface area contributed by atoms with Crippen LogP contribution >= 0.6 is 11.3 Å². The van der Waals surface area contributed by atoms with Crippen LogP contribution in [0.1, 0.15) is 40.3 Å². The zero-order chi connectivity index (χ0) is 32.8. The number of anilines is 1. The van der Waals surface area contributed by atoms with Gasteiger partial charge in [-0.25, -0.2) is 4.79 Å². The average Bonchev–Trinajstić information content (AvgIpc) is 3.36. The summed E-state index contributed by atoms with van der Waals surface area (Å²) in [5.74, 6) is 0.600. The lowest BCUT2D eigenvalue weighted by atomic mass is 10.1. The molecule has 0 atom stereocenters. The van der Waals surface area contributed by atoms with Crippen molar-refractivity contribution in [2.24, 2.45) is 0 Å². The van der Waals surface area contributed by atoms with Crippen LogP contribution in [0.3, 0.4) is 0 Å². The molecule has 1 aromatic heterocycles. The highest BCUT2D eigenvalue weighted by atomic mass is 32.1. The van der Waals surface area contributed by atoms with Crippen molar-refractivity contribution in [3.8, 4) is 11.5 Å². The topological polar surface area (TPSA) is 71.1 Å². The van der Waals surface area contributed by atoms with Gasteiger partial charge in [-0.2, -0.15) is 26.3 Å². The number of hydrogen-bond acceptors (Lipinski definition) is 5. The average molecular weight is 646 g/mol. The van der Waals surface area contributed by atoms with Crippen molar-refractivity contribution in [1.29, 1.82) is 0 Å². The summed E-state index contributed by atoms with van der Waals surface area (Å²) in [5.41, 5.74) is -2.98. The molecule has 0 aliphatic heterocycles. The van der Waals surface area contributed by atoms with E-state index in [1.54, 1.807) is 30.9 Å². The molecule has 3 aromatic rings. The summed E-state index contributed by atoms with van der Waals surface area (Å²) in [4.78, 5) is 31.3. The molecule has 0 saturated carbocycles. The van der Waals surface area contributed by atoms with E-state index in [0.717, 1.165) is 20.2 Å². The van der Waals surface area contributed by atoms with Crippen LogP contribution < -0.4 is 14.8 Å². The van der Waals surface area contributed by atoms with Crippen molar-refractivity contribution in [2.75, 3.05) is 32.6 Å². The first kappa shape index (κ1) is 34.5. The van der Waals surface area contributed by atoms with Crippen LogP contribution in [0.5, 0.6) is 11.5 Å². The summed E-state index contributed by atoms with van der Waals surface area (Å²) in [6.45, 7) is 5.10. The third kappa shape index (κ3) is 9.28. The molecule has 0 spiro atoms. The number of thiophene rings is 1. The van der Waals surface area contributed by atoms with Gasteiger partial charge < -0.3 is 24.6 Å². The Balaban J connectivity index is 1.84. The Kier molecular flexibility index (Phi) is 11.2. The lowest BCUT2D eigenvalue weighted by Crippen LogP contribution is -2.47. The largest absolute Gasteiger partial charge is 0.493 e. The first-order valence-corrected chi connectivity index (χ1v) is 14.2. The Bertz CT molecular complexity index is 1420. The number of carbonyl (C=O) groups is 2. The number of hydrogen-bond donors (Lipinski definition) is 1. The molecule has 0 aliphatic carbocycles. The molecule has 0 unspecified atom stereocenters. The van der Waals surface area contributed by atoms with Gasteiger partial charge in [-0.1, -0.05) is 6.07 Å². The van der Waals surface area contributed by atoms with E-state index in [1.165, 1.54) is 25.6 Å². The van der Waals surface area contributed by atoms with E-state index in [-0.39, 0.29) is 19.2 Å². The second-order valence-corrected chi connectivity index (χ2v) is 11.6. The molecular formula is C30H33F6N3O4S. The zero-order valence-electron chi connectivity index (χ0n) is 24.7. The number of nitrogens with one attached hydrogen (secondary N) is 1. The molecule has 240 valence electrons. The Morgan fingerprint density at radius 1 is 0.886 bits per heavy atom. The molecular weight excluding hydrogens is 612 g/mol. The molecule has 3 rings (SSSR count). The van der Waals surface area contributed by atoms with E-state index in [1.807, 2.05) is 25.1 Å². The molecule has 1 heterocycles. The lowest BCUT2D eigenvalue weighted by molar-refractivity contribution is -0.143. The Morgan fingerprint density at radius 3 is 2.00 bits per heavy atom. The van der Waals surface area contributed by atoms with Gasteiger partial charge in [0, 0.05) is 28.0 Å². The lowest BCUT2D eigenvalue weighted by Gasteiger charge is -2.30. The smallest absolute Gasteiger partial charge is 0.416 e. The number of benzene rings is 2. The first-order chi connectivity index (χ1) is 20.5. The summed E-state index contributed by atoms with van der Waals surface area (Å²) in [7, 11) is 3.02. The number of ether oxygens (including phenoxy) is 2. The van der Waals surface area contributed by atoms with Gasteiger partial charge in [0.25, 0.3) is 0 Å². The first-order valence-electron chi connectivity index (χ1n) is 13.4. The minimum Gasteiger partial charge on any atom is -0.493 e. The fourth-order valence-electron chi connectivity index (χ4n) is 4.31. The molecule has 14 heteroatoms. The van der Waals surface area contributed by atoms with Crippen LogP contribution in [0.4, 0.5) is 36.8 Å². The number of aryl methyl sites for hydroxylation is 1. The number of nitrogens with zero attached hydrogens (tertiary/aromatic N) is 2. The van der Waals surface area contributed by atoms with Crippen LogP contribution in [0, 0.1) is 6.92 Å². The summed E-state index contributed by atoms with van der Waals surface area (Å²) in [6, 6.07) is 8.32. The van der Waals surface area contributed by atoms with Gasteiger partial charge in [0.15, 0.2) is 11.5 Å². The normalized spacial score (nSPS) is 11.8.